The van der Waals surface area contributed by atoms with E-state index in [9.17, 15) is 9.59 Å². The van der Waals surface area contributed by atoms with Crippen LogP contribution in [0.2, 0.25) is 0 Å². The molecule has 0 spiro atoms. The molecule has 0 bridgehead atoms. The minimum atomic E-state index is -0.453. The van der Waals surface area contributed by atoms with Gasteiger partial charge in [0.25, 0.3) is 5.91 Å². The molecule has 1 N–H and O–H groups in total. The van der Waals surface area contributed by atoms with Crippen molar-refractivity contribution in [1.29, 1.82) is 0 Å². The molecule has 1 unspecified atom stereocenters. The molecule has 0 aliphatic carbocycles. The van der Waals surface area contributed by atoms with E-state index in [1.165, 1.54) is 0 Å². The molecule has 2 aromatic rings. The number of hydrogen-bond acceptors (Lipinski definition) is 5. The van der Waals surface area contributed by atoms with E-state index in [-0.39, 0.29) is 23.6 Å². The van der Waals surface area contributed by atoms with E-state index in [0.29, 0.717) is 18.7 Å². The van der Waals surface area contributed by atoms with Crippen LogP contribution in [0.25, 0.3) is 11.3 Å². The van der Waals surface area contributed by atoms with Gasteiger partial charge >= 0.3 is 0 Å². The van der Waals surface area contributed by atoms with Crippen molar-refractivity contribution < 1.29 is 18.8 Å². The number of nitrogens with one attached hydrogen (secondary N) is 1. The molecule has 0 radical (unpaired) electrons. The molecule has 0 saturated carbocycles. The summed E-state index contributed by atoms with van der Waals surface area (Å²) in [4.78, 5) is 26.7. The van der Waals surface area contributed by atoms with Crippen molar-refractivity contribution in [2.45, 2.75) is 38.8 Å². The Balaban J connectivity index is 1.75. The zero-order valence-corrected chi connectivity index (χ0v) is 15.2. The maximum Gasteiger partial charge on any atom is 0.276 e. The molecule has 1 fully saturated rings. The number of benzene rings is 1. The molecule has 7 heteroatoms. The Hall–Kier alpha value is -2.83. The van der Waals surface area contributed by atoms with Gasteiger partial charge in [-0.15, -0.1) is 0 Å². The van der Waals surface area contributed by atoms with Crippen molar-refractivity contribution in [3.63, 3.8) is 0 Å². The number of carbonyl (C=O) groups is 2. The maximum absolute atomic E-state index is 12.8. The average molecular weight is 357 g/mol. The Morgan fingerprint density at radius 2 is 2.04 bits per heavy atom. The van der Waals surface area contributed by atoms with Gasteiger partial charge in [-0.2, -0.15) is 0 Å². The van der Waals surface area contributed by atoms with Gasteiger partial charge in [-0.05, 0) is 51.0 Å². The standard InChI is InChI=1S/C19H23N3O4/c1-12(2)20-18(23)16-5-4-10-22(16)19(24)15-11-17(26-21-15)13-6-8-14(25-3)9-7-13/h6-9,11-12,16H,4-5,10H2,1-3H3,(H,20,23). The lowest BCUT2D eigenvalue weighted by atomic mass is 10.1. The zero-order chi connectivity index (χ0) is 18.7. The van der Waals surface area contributed by atoms with Crippen molar-refractivity contribution in [3.05, 3.63) is 36.0 Å². The van der Waals surface area contributed by atoms with Crippen molar-refractivity contribution in [1.82, 2.24) is 15.4 Å². The number of rotatable bonds is 5. The van der Waals surface area contributed by atoms with Crippen LogP contribution in [0.4, 0.5) is 0 Å². The summed E-state index contributed by atoms with van der Waals surface area (Å²) in [5.41, 5.74) is 1.01. The molecule has 1 saturated heterocycles. The summed E-state index contributed by atoms with van der Waals surface area (Å²) >= 11 is 0. The molecule has 2 amide bonds. The smallest absolute Gasteiger partial charge is 0.276 e. The van der Waals surface area contributed by atoms with Crippen LogP contribution in [-0.4, -0.2) is 47.6 Å². The number of amides is 2. The number of hydrogen-bond donors (Lipinski definition) is 1. The van der Waals surface area contributed by atoms with Crippen LogP contribution in [0.3, 0.4) is 0 Å². The van der Waals surface area contributed by atoms with Crippen molar-refractivity contribution in [3.8, 4) is 17.1 Å². The molecule has 1 aromatic heterocycles. The summed E-state index contributed by atoms with van der Waals surface area (Å²) in [6.45, 7) is 4.34. The topological polar surface area (TPSA) is 84.7 Å². The first-order valence-electron chi connectivity index (χ1n) is 8.72. The van der Waals surface area contributed by atoms with Crippen LogP contribution in [0.1, 0.15) is 37.2 Å². The highest BCUT2D eigenvalue weighted by Gasteiger charge is 2.35. The molecule has 7 nitrogen and oxygen atoms in total. The third kappa shape index (κ3) is 3.71. The van der Waals surface area contributed by atoms with Crippen LogP contribution in [0.15, 0.2) is 34.9 Å². The fourth-order valence-corrected chi connectivity index (χ4v) is 3.08. The maximum atomic E-state index is 12.8. The average Bonchev–Trinajstić information content (AvgIpc) is 3.30. The van der Waals surface area contributed by atoms with Gasteiger partial charge < -0.3 is 19.5 Å². The third-order valence-electron chi connectivity index (χ3n) is 4.35. The van der Waals surface area contributed by atoms with E-state index in [1.807, 2.05) is 38.1 Å². The Kier molecular flexibility index (Phi) is 5.25. The van der Waals surface area contributed by atoms with Gasteiger partial charge in [0.1, 0.15) is 11.8 Å². The normalized spacial score (nSPS) is 16.8. The van der Waals surface area contributed by atoms with Crippen LogP contribution in [-0.2, 0) is 4.79 Å². The first-order chi connectivity index (χ1) is 12.5. The lowest BCUT2D eigenvalue weighted by molar-refractivity contribution is -0.125. The van der Waals surface area contributed by atoms with E-state index in [1.54, 1.807) is 18.1 Å². The molecular formula is C19H23N3O4. The van der Waals surface area contributed by atoms with Crippen LogP contribution in [0, 0.1) is 0 Å². The number of ether oxygens (including phenoxy) is 1. The number of likely N-dealkylation sites (tertiary alicyclic amines) is 1. The number of carbonyl (C=O) groups excluding carboxylic acids is 2. The van der Waals surface area contributed by atoms with E-state index < -0.39 is 6.04 Å². The van der Waals surface area contributed by atoms with Gasteiger partial charge in [-0.1, -0.05) is 5.16 Å². The molecular weight excluding hydrogens is 334 g/mol. The predicted molar refractivity (Wildman–Crippen MR) is 95.8 cm³/mol. The molecule has 1 atom stereocenters. The Bertz CT molecular complexity index is 782. The minimum absolute atomic E-state index is 0.0359. The quantitative estimate of drug-likeness (QED) is 0.889. The summed E-state index contributed by atoms with van der Waals surface area (Å²) in [5, 5.41) is 6.78. The lowest BCUT2D eigenvalue weighted by Crippen LogP contribution is -2.47. The highest BCUT2D eigenvalue weighted by Crippen LogP contribution is 2.25. The van der Waals surface area contributed by atoms with Gasteiger partial charge in [0.15, 0.2) is 11.5 Å². The third-order valence-corrected chi connectivity index (χ3v) is 4.35. The van der Waals surface area contributed by atoms with Gasteiger partial charge in [0, 0.05) is 24.2 Å². The number of methoxy groups -OCH3 is 1. The summed E-state index contributed by atoms with van der Waals surface area (Å²) < 4.78 is 10.5. The molecule has 3 rings (SSSR count). The van der Waals surface area contributed by atoms with Crippen LogP contribution < -0.4 is 10.1 Å². The summed E-state index contributed by atoms with van der Waals surface area (Å²) in [7, 11) is 1.60. The van der Waals surface area contributed by atoms with E-state index >= 15 is 0 Å². The monoisotopic (exact) mass is 357 g/mol. The van der Waals surface area contributed by atoms with E-state index in [0.717, 1.165) is 17.7 Å². The number of nitrogens with zero attached hydrogens (tertiary/aromatic N) is 2. The summed E-state index contributed by atoms with van der Waals surface area (Å²) in [5.74, 6) is 0.832. The minimum Gasteiger partial charge on any atom is -0.497 e. The van der Waals surface area contributed by atoms with Crippen molar-refractivity contribution >= 4 is 11.8 Å². The predicted octanol–water partition coefficient (Wildman–Crippen LogP) is 2.48. The van der Waals surface area contributed by atoms with Gasteiger partial charge in [0.2, 0.25) is 5.91 Å². The molecule has 26 heavy (non-hydrogen) atoms. The zero-order valence-electron chi connectivity index (χ0n) is 15.2. The second-order valence-corrected chi connectivity index (χ2v) is 6.62. The second-order valence-electron chi connectivity index (χ2n) is 6.62. The fraction of sp³-hybridized carbons (Fsp3) is 0.421. The van der Waals surface area contributed by atoms with Crippen molar-refractivity contribution in [2.24, 2.45) is 0 Å². The van der Waals surface area contributed by atoms with Crippen molar-refractivity contribution in [2.75, 3.05) is 13.7 Å². The molecule has 138 valence electrons. The van der Waals surface area contributed by atoms with E-state index in [4.69, 9.17) is 9.26 Å². The number of aromatic nitrogens is 1. The fourth-order valence-electron chi connectivity index (χ4n) is 3.08. The molecule has 2 heterocycles. The van der Waals surface area contributed by atoms with E-state index in [2.05, 4.69) is 10.5 Å². The summed E-state index contributed by atoms with van der Waals surface area (Å²) in [6.07, 6.45) is 1.46. The Morgan fingerprint density at radius 1 is 1.31 bits per heavy atom. The highest BCUT2D eigenvalue weighted by molar-refractivity contribution is 5.97. The Labute approximate surface area is 152 Å². The van der Waals surface area contributed by atoms with Crippen LogP contribution >= 0.6 is 0 Å². The van der Waals surface area contributed by atoms with Gasteiger partial charge in [-0.25, -0.2) is 0 Å². The second kappa shape index (κ2) is 7.59. The SMILES string of the molecule is COc1ccc(-c2cc(C(=O)N3CCCC3C(=O)NC(C)C)no2)cc1. The van der Waals surface area contributed by atoms with Gasteiger partial charge in [-0.3, -0.25) is 9.59 Å². The molecule has 1 aliphatic rings. The Morgan fingerprint density at radius 3 is 2.69 bits per heavy atom. The van der Waals surface area contributed by atoms with Gasteiger partial charge in [0.05, 0.1) is 7.11 Å². The summed E-state index contributed by atoms with van der Waals surface area (Å²) in [6, 6.07) is 8.49. The first kappa shape index (κ1) is 18.0. The molecule has 1 aromatic carbocycles. The highest BCUT2D eigenvalue weighted by atomic mass is 16.5. The first-order valence-corrected chi connectivity index (χ1v) is 8.72. The lowest BCUT2D eigenvalue weighted by Gasteiger charge is -2.23. The largest absolute Gasteiger partial charge is 0.497 e. The van der Waals surface area contributed by atoms with Crippen LogP contribution in [0.5, 0.6) is 5.75 Å². The molecule has 1 aliphatic heterocycles.